The molecular formula is C13H15FN2O. The van der Waals surface area contributed by atoms with Crippen LogP contribution in [0.5, 0.6) is 0 Å². The summed E-state index contributed by atoms with van der Waals surface area (Å²) >= 11 is 0. The molecule has 0 aliphatic carbocycles. The first kappa shape index (κ1) is 13.2. The van der Waals surface area contributed by atoms with E-state index in [1.807, 2.05) is 0 Å². The first-order valence-corrected chi connectivity index (χ1v) is 5.30. The van der Waals surface area contributed by atoms with Gasteiger partial charge in [0.05, 0.1) is 12.1 Å². The molecule has 90 valence electrons. The standard InChI is InChI=1S/C13H15FN2O/c1-3-6-12(15)13(17)16-9(2)10-7-4-5-8-11(10)14/h1,4-5,7-9,12H,6,15H2,2H3,(H,16,17)/t9-,12?/m1/s1. The second kappa shape index (κ2) is 6.02. The Morgan fingerprint density at radius 2 is 2.24 bits per heavy atom. The van der Waals surface area contributed by atoms with Gasteiger partial charge in [-0.3, -0.25) is 4.79 Å². The van der Waals surface area contributed by atoms with E-state index in [-0.39, 0.29) is 18.1 Å². The van der Waals surface area contributed by atoms with Crippen LogP contribution in [-0.4, -0.2) is 11.9 Å². The van der Waals surface area contributed by atoms with Gasteiger partial charge >= 0.3 is 0 Å². The Morgan fingerprint density at radius 3 is 2.82 bits per heavy atom. The summed E-state index contributed by atoms with van der Waals surface area (Å²) in [6.07, 6.45) is 5.23. The van der Waals surface area contributed by atoms with E-state index < -0.39 is 12.1 Å². The zero-order chi connectivity index (χ0) is 12.8. The third kappa shape index (κ3) is 3.58. The van der Waals surface area contributed by atoms with Crippen LogP contribution in [-0.2, 0) is 4.79 Å². The number of hydrogen-bond donors (Lipinski definition) is 2. The van der Waals surface area contributed by atoms with Crippen LogP contribution >= 0.6 is 0 Å². The van der Waals surface area contributed by atoms with Crippen molar-refractivity contribution in [1.82, 2.24) is 5.32 Å². The van der Waals surface area contributed by atoms with Gasteiger partial charge in [-0.2, -0.15) is 0 Å². The van der Waals surface area contributed by atoms with Crippen LogP contribution < -0.4 is 11.1 Å². The van der Waals surface area contributed by atoms with Crippen molar-refractivity contribution in [3.63, 3.8) is 0 Å². The molecule has 1 unspecified atom stereocenters. The number of nitrogens with one attached hydrogen (secondary N) is 1. The molecule has 1 aromatic rings. The van der Waals surface area contributed by atoms with Crippen LogP contribution in [0.2, 0.25) is 0 Å². The van der Waals surface area contributed by atoms with Gasteiger partial charge in [-0.1, -0.05) is 18.2 Å². The average molecular weight is 234 g/mol. The molecule has 0 aromatic heterocycles. The molecule has 0 spiro atoms. The maximum absolute atomic E-state index is 13.4. The normalized spacial score (nSPS) is 13.5. The molecule has 4 heteroatoms. The van der Waals surface area contributed by atoms with Crippen LogP contribution in [0.3, 0.4) is 0 Å². The van der Waals surface area contributed by atoms with Gasteiger partial charge in [-0.25, -0.2) is 4.39 Å². The first-order chi connectivity index (χ1) is 8.06. The lowest BCUT2D eigenvalue weighted by molar-refractivity contribution is -0.122. The molecule has 1 aromatic carbocycles. The van der Waals surface area contributed by atoms with Crippen LogP contribution in [0.15, 0.2) is 24.3 Å². The molecule has 0 saturated heterocycles. The summed E-state index contributed by atoms with van der Waals surface area (Å²) < 4.78 is 13.4. The van der Waals surface area contributed by atoms with E-state index in [0.717, 1.165) is 0 Å². The zero-order valence-electron chi connectivity index (χ0n) is 9.61. The fourth-order valence-electron chi connectivity index (χ4n) is 1.44. The van der Waals surface area contributed by atoms with E-state index in [1.165, 1.54) is 6.07 Å². The van der Waals surface area contributed by atoms with Crippen LogP contribution in [0.1, 0.15) is 24.9 Å². The predicted molar refractivity (Wildman–Crippen MR) is 64.4 cm³/mol. The number of terminal acetylenes is 1. The molecule has 1 rings (SSSR count). The van der Waals surface area contributed by atoms with Crippen LogP contribution in [0.4, 0.5) is 4.39 Å². The summed E-state index contributed by atoms with van der Waals surface area (Å²) in [4.78, 5) is 11.6. The Balaban J connectivity index is 2.67. The molecule has 0 fully saturated rings. The van der Waals surface area contributed by atoms with Crippen molar-refractivity contribution in [3.05, 3.63) is 35.6 Å². The van der Waals surface area contributed by atoms with Gasteiger partial charge in [0.25, 0.3) is 0 Å². The maximum Gasteiger partial charge on any atom is 0.238 e. The van der Waals surface area contributed by atoms with Crippen molar-refractivity contribution < 1.29 is 9.18 Å². The van der Waals surface area contributed by atoms with Gasteiger partial charge in [0, 0.05) is 12.0 Å². The number of halogens is 1. The lowest BCUT2D eigenvalue weighted by Gasteiger charge is -2.17. The molecule has 3 N–H and O–H groups in total. The molecule has 0 radical (unpaired) electrons. The number of benzene rings is 1. The molecular weight excluding hydrogens is 219 g/mol. The van der Waals surface area contributed by atoms with Gasteiger partial charge in [-0.15, -0.1) is 12.3 Å². The van der Waals surface area contributed by atoms with Crippen molar-refractivity contribution in [1.29, 1.82) is 0 Å². The molecule has 17 heavy (non-hydrogen) atoms. The first-order valence-electron chi connectivity index (χ1n) is 5.30. The molecule has 1 amide bonds. The lowest BCUT2D eigenvalue weighted by Crippen LogP contribution is -2.41. The van der Waals surface area contributed by atoms with E-state index in [9.17, 15) is 9.18 Å². The highest BCUT2D eigenvalue weighted by molar-refractivity contribution is 5.82. The number of nitrogens with two attached hydrogens (primary N) is 1. The highest BCUT2D eigenvalue weighted by Crippen LogP contribution is 2.15. The van der Waals surface area contributed by atoms with Crippen LogP contribution in [0.25, 0.3) is 0 Å². The lowest BCUT2D eigenvalue weighted by atomic mass is 10.1. The second-order valence-corrected chi connectivity index (χ2v) is 3.77. The van der Waals surface area contributed by atoms with Crippen molar-refractivity contribution in [2.75, 3.05) is 0 Å². The van der Waals surface area contributed by atoms with Gasteiger partial charge in [0.1, 0.15) is 5.82 Å². The summed E-state index contributed by atoms with van der Waals surface area (Å²) in [5.74, 6) is 1.58. The fraction of sp³-hybridized carbons (Fsp3) is 0.308. The highest BCUT2D eigenvalue weighted by Gasteiger charge is 2.17. The smallest absolute Gasteiger partial charge is 0.238 e. The summed E-state index contributed by atoms with van der Waals surface area (Å²) in [5, 5.41) is 2.62. The van der Waals surface area contributed by atoms with E-state index >= 15 is 0 Å². The van der Waals surface area contributed by atoms with Gasteiger partial charge in [-0.05, 0) is 13.0 Å². The Labute approximate surface area is 100 Å². The van der Waals surface area contributed by atoms with E-state index in [2.05, 4.69) is 11.2 Å². The van der Waals surface area contributed by atoms with E-state index in [4.69, 9.17) is 12.2 Å². The molecule has 3 nitrogen and oxygen atoms in total. The van der Waals surface area contributed by atoms with Crippen molar-refractivity contribution in [3.8, 4) is 12.3 Å². The summed E-state index contributed by atoms with van der Waals surface area (Å²) in [6, 6.07) is 5.08. The summed E-state index contributed by atoms with van der Waals surface area (Å²) in [6.45, 7) is 1.69. The third-order valence-electron chi connectivity index (χ3n) is 2.41. The minimum Gasteiger partial charge on any atom is -0.348 e. The minimum atomic E-state index is -0.755. The van der Waals surface area contributed by atoms with E-state index in [1.54, 1.807) is 25.1 Å². The van der Waals surface area contributed by atoms with Crippen molar-refractivity contribution >= 4 is 5.91 Å². The Bertz CT molecular complexity index is 439. The van der Waals surface area contributed by atoms with Gasteiger partial charge in [0.15, 0.2) is 0 Å². The van der Waals surface area contributed by atoms with E-state index in [0.29, 0.717) is 5.56 Å². The predicted octanol–water partition coefficient (Wildman–Crippen LogP) is 1.35. The second-order valence-electron chi connectivity index (χ2n) is 3.77. The Kier molecular flexibility index (Phi) is 4.68. The number of carbonyl (C=O) groups is 1. The number of rotatable bonds is 4. The molecule has 0 heterocycles. The average Bonchev–Trinajstić information content (AvgIpc) is 2.29. The van der Waals surface area contributed by atoms with Crippen molar-refractivity contribution in [2.24, 2.45) is 5.73 Å². The van der Waals surface area contributed by atoms with Gasteiger partial charge in [0.2, 0.25) is 5.91 Å². The quantitative estimate of drug-likeness (QED) is 0.773. The monoisotopic (exact) mass is 234 g/mol. The largest absolute Gasteiger partial charge is 0.348 e. The van der Waals surface area contributed by atoms with Crippen molar-refractivity contribution in [2.45, 2.75) is 25.4 Å². The molecule has 0 saturated carbocycles. The number of amides is 1. The maximum atomic E-state index is 13.4. The van der Waals surface area contributed by atoms with Gasteiger partial charge < -0.3 is 11.1 Å². The molecule has 2 atom stereocenters. The topological polar surface area (TPSA) is 55.1 Å². The molecule has 0 aliphatic heterocycles. The zero-order valence-corrected chi connectivity index (χ0v) is 9.61. The third-order valence-corrected chi connectivity index (χ3v) is 2.41. The Hall–Kier alpha value is -1.86. The molecule has 0 bridgehead atoms. The Morgan fingerprint density at radius 1 is 1.59 bits per heavy atom. The number of carbonyl (C=O) groups excluding carboxylic acids is 1. The van der Waals surface area contributed by atoms with Crippen LogP contribution in [0, 0.1) is 18.2 Å². The number of hydrogen-bond acceptors (Lipinski definition) is 2. The summed E-state index contributed by atoms with van der Waals surface area (Å²) in [7, 11) is 0. The highest BCUT2D eigenvalue weighted by atomic mass is 19.1. The fourth-order valence-corrected chi connectivity index (χ4v) is 1.44. The SMILES string of the molecule is C#CCC(N)C(=O)N[C@H](C)c1ccccc1F. The molecule has 0 aliphatic rings. The minimum absolute atomic E-state index is 0.163. The summed E-state index contributed by atoms with van der Waals surface area (Å²) in [5.41, 5.74) is 5.97.